The van der Waals surface area contributed by atoms with Gasteiger partial charge in [-0.3, -0.25) is 15.1 Å². The number of methoxy groups -OCH3 is 1. The Labute approximate surface area is 151 Å². The smallest absolute Gasteiger partial charge is 0.417 e. The van der Waals surface area contributed by atoms with Gasteiger partial charge in [-0.15, -0.1) is 11.3 Å². The van der Waals surface area contributed by atoms with Crippen LogP contribution in [0.3, 0.4) is 0 Å². The van der Waals surface area contributed by atoms with Crippen LogP contribution in [-0.4, -0.2) is 23.0 Å². The molecule has 4 aromatic rings. The van der Waals surface area contributed by atoms with Gasteiger partial charge in [0.2, 0.25) is 0 Å². The second-order valence-electron chi connectivity index (χ2n) is 5.42. The minimum absolute atomic E-state index is 0.294. The first-order valence-electron chi connectivity index (χ1n) is 7.67. The van der Waals surface area contributed by atoms with Crippen LogP contribution < -0.4 is 15.8 Å². The molecule has 0 spiro atoms. The number of H-pyrrole nitrogens is 1. The Bertz CT molecular complexity index is 1160. The van der Waals surface area contributed by atoms with Gasteiger partial charge in [0.1, 0.15) is 5.75 Å². The van der Waals surface area contributed by atoms with E-state index >= 15 is 0 Å². The number of para-hydroxylation sites is 1. The Hall–Kier alpha value is -3.39. The molecule has 0 atom stereocenters. The van der Waals surface area contributed by atoms with Crippen LogP contribution >= 0.6 is 11.3 Å². The van der Waals surface area contributed by atoms with E-state index in [0.29, 0.717) is 33.2 Å². The molecule has 0 unspecified atom stereocenters. The Kier molecular flexibility index (Phi) is 4.02. The van der Waals surface area contributed by atoms with Crippen molar-refractivity contribution in [3.8, 4) is 17.0 Å². The lowest BCUT2D eigenvalue weighted by atomic mass is 10.1. The third-order valence-corrected chi connectivity index (χ3v) is 4.55. The number of ether oxygens (including phenoxy) is 1. The van der Waals surface area contributed by atoms with Crippen molar-refractivity contribution < 1.29 is 13.9 Å². The Morgan fingerprint density at radius 2 is 2.12 bits per heavy atom. The number of aromatic amines is 1. The monoisotopic (exact) mass is 367 g/mol. The van der Waals surface area contributed by atoms with E-state index in [0.717, 1.165) is 5.56 Å². The first-order chi connectivity index (χ1) is 12.6. The molecular weight excluding hydrogens is 354 g/mol. The van der Waals surface area contributed by atoms with Crippen LogP contribution in [0.5, 0.6) is 5.75 Å². The van der Waals surface area contributed by atoms with E-state index in [9.17, 15) is 9.59 Å². The van der Waals surface area contributed by atoms with Crippen LogP contribution in [0, 0.1) is 0 Å². The lowest BCUT2D eigenvalue weighted by Crippen LogP contribution is -2.12. The second kappa shape index (κ2) is 6.49. The lowest BCUT2D eigenvalue weighted by molar-refractivity contribution is 0.102. The number of aromatic nitrogens is 2. The molecule has 0 aliphatic carbocycles. The van der Waals surface area contributed by atoms with Crippen molar-refractivity contribution in [1.29, 1.82) is 0 Å². The Morgan fingerprint density at radius 1 is 1.27 bits per heavy atom. The average Bonchev–Trinajstić information content (AvgIpc) is 3.26. The standard InChI is InChI=1S/C18H13N3O4S/c1-24-14-5-3-2-4-11(14)16(22)21-17-19-13(9-26-17)10-6-7-15-12(8-10)20-18(23)25-15/h2-9H,1H3,(H,20,23)(H,19,21,22). The minimum atomic E-state index is -0.500. The average molecular weight is 367 g/mol. The van der Waals surface area contributed by atoms with Crippen LogP contribution in [0.4, 0.5) is 5.13 Å². The second-order valence-corrected chi connectivity index (χ2v) is 6.28. The van der Waals surface area contributed by atoms with Gasteiger partial charge in [-0.2, -0.15) is 0 Å². The number of hydrogen-bond acceptors (Lipinski definition) is 6. The number of hydrogen-bond donors (Lipinski definition) is 2. The van der Waals surface area contributed by atoms with E-state index in [2.05, 4.69) is 15.3 Å². The minimum Gasteiger partial charge on any atom is -0.496 e. The van der Waals surface area contributed by atoms with Crippen molar-refractivity contribution >= 4 is 33.5 Å². The van der Waals surface area contributed by atoms with Gasteiger partial charge in [0.05, 0.1) is 23.9 Å². The molecule has 0 saturated heterocycles. The van der Waals surface area contributed by atoms with Gasteiger partial charge in [-0.05, 0) is 30.3 Å². The molecule has 0 saturated carbocycles. The molecule has 0 fully saturated rings. The predicted octanol–water partition coefficient (Wildman–Crippen LogP) is 3.51. The number of benzene rings is 2. The number of fused-ring (bicyclic) bond motifs is 1. The number of nitrogens with zero attached hydrogens (tertiary/aromatic N) is 1. The highest BCUT2D eigenvalue weighted by Gasteiger charge is 2.14. The predicted molar refractivity (Wildman–Crippen MR) is 98.9 cm³/mol. The highest BCUT2D eigenvalue weighted by Crippen LogP contribution is 2.28. The van der Waals surface area contributed by atoms with E-state index in [1.54, 1.807) is 42.5 Å². The zero-order chi connectivity index (χ0) is 18.1. The summed E-state index contributed by atoms with van der Waals surface area (Å²) in [5.41, 5.74) is 3.01. The number of amides is 1. The molecule has 8 heteroatoms. The summed E-state index contributed by atoms with van der Waals surface area (Å²) in [5.74, 6) is -0.297. The van der Waals surface area contributed by atoms with Gasteiger partial charge in [-0.25, -0.2) is 9.78 Å². The van der Waals surface area contributed by atoms with Gasteiger partial charge in [0.15, 0.2) is 10.7 Å². The van der Waals surface area contributed by atoms with E-state index in [4.69, 9.17) is 9.15 Å². The van der Waals surface area contributed by atoms with Gasteiger partial charge in [0.25, 0.3) is 5.91 Å². The zero-order valence-corrected chi connectivity index (χ0v) is 14.4. The van der Waals surface area contributed by atoms with Crippen molar-refractivity contribution in [3.05, 3.63) is 64.0 Å². The maximum absolute atomic E-state index is 12.4. The molecule has 0 aliphatic heterocycles. The fourth-order valence-corrected chi connectivity index (χ4v) is 3.29. The fourth-order valence-electron chi connectivity index (χ4n) is 2.57. The molecule has 0 radical (unpaired) electrons. The van der Waals surface area contributed by atoms with Crippen LogP contribution in [0.1, 0.15) is 10.4 Å². The van der Waals surface area contributed by atoms with Gasteiger partial charge in [-0.1, -0.05) is 12.1 Å². The molecule has 0 bridgehead atoms. The fraction of sp³-hybridized carbons (Fsp3) is 0.0556. The van der Waals surface area contributed by atoms with Crippen LogP contribution in [0.2, 0.25) is 0 Å². The van der Waals surface area contributed by atoms with Crippen molar-refractivity contribution in [2.45, 2.75) is 0 Å². The molecule has 0 aliphatic rings. The van der Waals surface area contributed by atoms with Gasteiger partial charge >= 0.3 is 5.76 Å². The highest BCUT2D eigenvalue weighted by atomic mass is 32.1. The quantitative estimate of drug-likeness (QED) is 0.575. The zero-order valence-electron chi connectivity index (χ0n) is 13.6. The highest BCUT2D eigenvalue weighted by molar-refractivity contribution is 7.14. The topological polar surface area (TPSA) is 97.2 Å². The SMILES string of the molecule is COc1ccccc1C(=O)Nc1nc(-c2ccc3oc(=O)[nH]c3c2)cs1. The lowest BCUT2D eigenvalue weighted by Gasteiger charge is -2.07. The van der Waals surface area contributed by atoms with Crippen molar-refractivity contribution in [1.82, 2.24) is 9.97 Å². The van der Waals surface area contributed by atoms with Gasteiger partial charge < -0.3 is 9.15 Å². The molecule has 4 rings (SSSR count). The Balaban J connectivity index is 1.59. The molecule has 7 nitrogen and oxygen atoms in total. The summed E-state index contributed by atoms with van der Waals surface area (Å²) in [6.45, 7) is 0. The molecule has 26 heavy (non-hydrogen) atoms. The number of carbonyl (C=O) groups is 1. The molecule has 1 amide bonds. The van der Waals surface area contributed by atoms with Gasteiger partial charge in [0, 0.05) is 10.9 Å². The maximum atomic E-state index is 12.4. The third-order valence-electron chi connectivity index (χ3n) is 3.79. The third kappa shape index (κ3) is 2.98. The van der Waals surface area contributed by atoms with E-state index in [-0.39, 0.29) is 5.91 Å². The summed E-state index contributed by atoms with van der Waals surface area (Å²) in [5, 5.41) is 5.08. The summed E-state index contributed by atoms with van der Waals surface area (Å²) < 4.78 is 10.2. The normalized spacial score (nSPS) is 10.8. The van der Waals surface area contributed by atoms with Crippen LogP contribution in [-0.2, 0) is 0 Å². The summed E-state index contributed by atoms with van der Waals surface area (Å²) >= 11 is 1.31. The summed E-state index contributed by atoms with van der Waals surface area (Å²) in [6.07, 6.45) is 0. The van der Waals surface area contributed by atoms with Crippen molar-refractivity contribution in [3.63, 3.8) is 0 Å². The Morgan fingerprint density at radius 3 is 2.96 bits per heavy atom. The number of carbonyl (C=O) groups excluding carboxylic acids is 1. The van der Waals surface area contributed by atoms with E-state index in [1.807, 2.05) is 5.38 Å². The maximum Gasteiger partial charge on any atom is 0.417 e. The molecular formula is C18H13N3O4S. The number of rotatable bonds is 4. The number of thiazole rings is 1. The summed E-state index contributed by atoms with van der Waals surface area (Å²) in [4.78, 5) is 30.7. The first kappa shape index (κ1) is 16.1. The number of oxazole rings is 1. The summed E-state index contributed by atoms with van der Waals surface area (Å²) in [6, 6.07) is 12.3. The molecule has 130 valence electrons. The summed E-state index contributed by atoms with van der Waals surface area (Å²) in [7, 11) is 1.52. The van der Waals surface area contributed by atoms with Crippen LogP contribution in [0.25, 0.3) is 22.4 Å². The molecule has 2 aromatic heterocycles. The van der Waals surface area contributed by atoms with Crippen molar-refractivity contribution in [2.24, 2.45) is 0 Å². The molecule has 2 heterocycles. The van der Waals surface area contributed by atoms with E-state index < -0.39 is 5.76 Å². The van der Waals surface area contributed by atoms with Crippen LogP contribution in [0.15, 0.2) is 57.1 Å². The molecule has 2 N–H and O–H groups in total. The number of anilines is 1. The first-order valence-corrected chi connectivity index (χ1v) is 8.55. The van der Waals surface area contributed by atoms with E-state index in [1.165, 1.54) is 18.4 Å². The number of nitrogens with one attached hydrogen (secondary N) is 2. The van der Waals surface area contributed by atoms with Crippen molar-refractivity contribution in [2.75, 3.05) is 12.4 Å². The molecule has 2 aromatic carbocycles. The largest absolute Gasteiger partial charge is 0.496 e.